The third-order valence-electron chi connectivity index (χ3n) is 2.12. The SMILES string of the molecule is CN(C)C(=O)CNCc1cccc(F)c1Cl. The van der Waals surface area contributed by atoms with Gasteiger partial charge in [-0.2, -0.15) is 0 Å². The highest BCUT2D eigenvalue weighted by molar-refractivity contribution is 6.31. The molecule has 0 atom stereocenters. The van der Waals surface area contributed by atoms with Crippen molar-refractivity contribution in [1.29, 1.82) is 0 Å². The number of nitrogens with zero attached hydrogens (tertiary/aromatic N) is 1. The van der Waals surface area contributed by atoms with Crippen LogP contribution in [0, 0.1) is 5.82 Å². The molecule has 0 bridgehead atoms. The van der Waals surface area contributed by atoms with E-state index in [4.69, 9.17) is 11.6 Å². The van der Waals surface area contributed by atoms with Crippen LogP contribution in [0.2, 0.25) is 5.02 Å². The molecule has 0 spiro atoms. The Morgan fingerprint density at radius 3 is 2.81 bits per heavy atom. The second-order valence-electron chi connectivity index (χ2n) is 3.60. The number of carbonyl (C=O) groups excluding carboxylic acids is 1. The minimum absolute atomic E-state index is 0.0347. The zero-order chi connectivity index (χ0) is 12.1. The van der Waals surface area contributed by atoms with Gasteiger partial charge in [0.25, 0.3) is 0 Å². The van der Waals surface area contributed by atoms with Crippen molar-refractivity contribution in [3.63, 3.8) is 0 Å². The van der Waals surface area contributed by atoms with Gasteiger partial charge in [0.15, 0.2) is 0 Å². The molecule has 0 aromatic heterocycles. The van der Waals surface area contributed by atoms with E-state index in [-0.39, 0.29) is 17.5 Å². The van der Waals surface area contributed by atoms with Gasteiger partial charge >= 0.3 is 0 Å². The summed E-state index contributed by atoms with van der Waals surface area (Å²) >= 11 is 5.76. The number of hydrogen-bond donors (Lipinski definition) is 1. The van der Waals surface area contributed by atoms with Crippen LogP contribution in [0.4, 0.5) is 4.39 Å². The number of halogens is 2. The Morgan fingerprint density at radius 2 is 2.19 bits per heavy atom. The van der Waals surface area contributed by atoms with Gasteiger partial charge in [-0.25, -0.2) is 4.39 Å². The molecule has 0 aliphatic carbocycles. The van der Waals surface area contributed by atoms with Gasteiger partial charge < -0.3 is 10.2 Å². The topological polar surface area (TPSA) is 32.3 Å². The second-order valence-corrected chi connectivity index (χ2v) is 3.98. The molecule has 3 nitrogen and oxygen atoms in total. The van der Waals surface area contributed by atoms with Gasteiger partial charge in [-0.15, -0.1) is 0 Å². The Balaban J connectivity index is 2.49. The molecule has 1 amide bonds. The molecule has 88 valence electrons. The summed E-state index contributed by atoms with van der Waals surface area (Å²) in [7, 11) is 3.36. The second kappa shape index (κ2) is 5.82. The molecule has 0 radical (unpaired) electrons. The molecule has 16 heavy (non-hydrogen) atoms. The third kappa shape index (κ3) is 3.47. The maximum Gasteiger partial charge on any atom is 0.236 e. The van der Waals surface area contributed by atoms with Gasteiger partial charge in [0.2, 0.25) is 5.91 Å². The number of hydrogen-bond acceptors (Lipinski definition) is 2. The average molecular weight is 245 g/mol. The van der Waals surface area contributed by atoms with Crippen molar-refractivity contribution in [2.45, 2.75) is 6.54 Å². The molecule has 1 rings (SSSR count). The molecule has 0 heterocycles. The Labute approximate surface area is 99.2 Å². The van der Waals surface area contributed by atoms with E-state index in [9.17, 15) is 9.18 Å². The van der Waals surface area contributed by atoms with E-state index in [1.54, 1.807) is 26.2 Å². The summed E-state index contributed by atoms with van der Waals surface area (Å²) in [4.78, 5) is 12.7. The Morgan fingerprint density at radius 1 is 1.50 bits per heavy atom. The molecule has 1 N–H and O–H groups in total. The van der Waals surface area contributed by atoms with Crippen molar-refractivity contribution in [3.05, 3.63) is 34.6 Å². The molecule has 0 unspecified atom stereocenters. The van der Waals surface area contributed by atoms with Crippen LogP contribution >= 0.6 is 11.6 Å². The average Bonchev–Trinajstić information content (AvgIpc) is 2.24. The first-order chi connectivity index (χ1) is 7.52. The summed E-state index contributed by atoms with van der Waals surface area (Å²) in [5.41, 5.74) is 0.647. The molecule has 0 aliphatic heterocycles. The first-order valence-corrected chi connectivity index (χ1v) is 5.24. The van der Waals surface area contributed by atoms with Crippen LogP contribution in [0.15, 0.2) is 18.2 Å². The number of amides is 1. The quantitative estimate of drug-likeness (QED) is 0.874. The zero-order valence-electron chi connectivity index (χ0n) is 9.26. The maximum atomic E-state index is 13.1. The van der Waals surface area contributed by atoms with Crippen LogP contribution in [0.25, 0.3) is 0 Å². The normalized spacial score (nSPS) is 10.2. The predicted molar refractivity (Wildman–Crippen MR) is 61.8 cm³/mol. The molecular formula is C11H14ClFN2O. The highest BCUT2D eigenvalue weighted by atomic mass is 35.5. The fraction of sp³-hybridized carbons (Fsp3) is 0.364. The summed E-state index contributed by atoms with van der Waals surface area (Å²) < 4.78 is 13.1. The monoisotopic (exact) mass is 244 g/mol. The van der Waals surface area contributed by atoms with E-state index in [1.807, 2.05) is 0 Å². The van der Waals surface area contributed by atoms with E-state index >= 15 is 0 Å². The lowest BCUT2D eigenvalue weighted by atomic mass is 10.2. The highest BCUT2D eigenvalue weighted by Gasteiger charge is 2.06. The third-order valence-corrected chi connectivity index (χ3v) is 2.55. The standard InChI is InChI=1S/C11H14ClFN2O/c1-15(2)10(16)7-14-6-8-4-3-5-9(13)11(8)12/h3-5,14H,6-7H2,1-2H3. The maximum absolute atomic E-state index is 13.1. The van der Waals surface area contributed by atoms with Crippen LogP contribution in [0.1, 0.15) is 5.56 Å². The molecule has 1 aromatic rings. The van der Waals surface area contributed by atoms with E-state index in [0.29, 0.717) is 12.1 Å². The summed E-state index contributed by atoms with van der Waals surface area (Å²) in [5, 5.41) is 3.01. The van der Waals surface area contributed by atoms with E-state index in [2.05, 4.69) is 5.32 Å². The van der Waals surface area contributed by atoms with Crippen molar-refractivity contribution in [3.8, 4) is 0 Å². The largest absolute Gasteiger partial charge is 0.348 e. The Bertz CT molecular complexity index is 382. The van der Waals surface area contributed by atoms with Crippen molar-refractivity contribution >= 4 is 17.5 Å². The van der Waals surface area contributed by atoms with Crippen LogP contribution in [-0.2, 0) is 11.3 Å². The summed E-state index contributed by atoms with van der Waals surface area (Å²) in [5.74, 6) is -0.479. The molecule has 0 fully saturated rings. The van der Waals surface area contributed by atoms with Crippen molar-refractivity contribution in [2.24, 2.45) is 0 Å². The van der Waals surface area contributed by atoms with Gasteiger partial charge in [0, 0.05) is 20.6 Å². The number of likely N-dealkylation sites (N-methyl/N-ethyl adjacent to an activating group) is 1. The van der Waals surface area contributed by atoms with Crippen LogP contribution in [0.3, 0.4) is 0 Å². The fourth-order valence-corrected chi connectivity index (χ4v) is 1.34. The molecule has 5 heteroatoms. The lowest BCUT2D eigenvalue weighted by Crippen LogP contribution is -2.32. The lowest BCUT2D eigenvalue weighted by molar-refractivity contribution is -0.127. The smallest absolute Gasteiger partial charge is 0.236 e. The minimum atomic E-state index is -0.445. The van der Waals surface area contributed by atoms with Gasteiger partial charge in [0.05, 0.1) is 11.6 Å². The molecule has 0 saturated heterocycles. The van der Waals surface area contributed by atoms with Gasteiger partial charge in [-0.3, -0.25) is 4.79 Å². The number of rotatable bonds is 4. The first-order valence-electron chi connectivity index (χ1n) is 4.86. The lowest BCUT2D eigenvalue weighted by Gasteiger charge is -2.11. The molecule has 1 aromatic carbocycles. The van der Waals surface area contributed by atoms with Gasteiger partial charge in [-0.05, 0) is 11.6 Å². The highest BCUT2D eigenvalue weighted by Crippen LogP contribution is 2.19. The summed E-state index contributed by atoms with van der Waals surface area (Å²) in [6, 6.07) is 4.61. The van der Waals surface area contributed by atoms with Crippen molar-refractivity contribution in [2.75, 3.05) is 20.6 Å². The van der Waals surface area contributed by atoms with Crippen LogP contribution in [0.5, 0.6) is 0 Å². The molecule has 0 saturated carbocycles. The van der Waals surface area contributed by atoms with Crippen molar-refractivity contribution in [1.82, 2.24) is 10.2 Å². The first kappa shape index (κ1) is 12.9. The number of nitrogens with one attached hydrogen (secondary N) is 1. The predicted octanol–water partition coefficient (Wildman–Crippen LogP) is 1.66. The van der Waals surface area contributed by atoms with E-state index in [0.717, 1.165) is 0 Å². The molecule has 0 aliphatic rings. The number of benzene rings is 1. The van der Waals surface area contributed by atoms with Gasteiger partial charge in [0.1, 0.15) is 5.82 Å². The Hall–Kier alpha value is -1.13. The van der Waals surface area contributed by atoms with E-state index in [1.165, 1.54) is 11.0 Å². The Kier molecular flexibility index (Phi) is 4.71. The van der Waals surface area contributed by atoms with Crippen LogP contribution in [-0.4, -0.2) is 31.4 Å². The number of carbonyl (C=O) groups is 1. The fourth-order valence-electron chi connectivity index (χ4n) is 1.15. The molecular weight excluding hydrogens is 231 g/mol. The van der Waals surface area contributed by atoms with Gasteiger partial charge in [-0.1, -0.05) is 23.7 Å². The minimum Gasteiger partial charge on any atom is -0.348 e. The van der Waals surface area contributed by atoms with Crippen LogP contribution < -0.4 is 5.32 Å². The van der Waals surface area contributed by atoms with E-state index < -0.39 is 5.82 Å². The summed E-state index contributed by atoms with van der Waals surface area (Å²) in [6.45, 7) is 0.579. The van der Waals surface area contributed by atoms with Crippen molar-refractivity contribution < 1.29 is 9.18 Å². The summed E-state index contributed by atoms with van der Waals surface area (Å²) in [6.07, 6.45) is 0. The zero-order valence-corrected chi connectivity index (χ0v) is 10.0.